The van der Waals surface area contributed by atoms with Crippen molar-refractivity contribution in [1.82, 2.24) is 14.5 Å². The maximum atomic E-state index is 13.1. The number of benzene rings is 1. The summed E-state index contributed by atoms with van der Waals surface area (Å²) >= 11 is 0. The number of aromatic hydroxyl groups is 1. The summed E-state index contributed by atoms with van der Waals surface area (Å²) in [7, 11) is 0. The summed E-state index contributed by atoms with van der Waals surface area (Å²) in [6.45, 7) is 1.88. The van der Waals surface area contributed by atoms with Crippen LogP contribution in [0.5, 0.6) is 5.88 Å². The molecule has 0 spiro atoms. The van der Waals surface area contributed by atoms with Crippen LogP contribution in [0.2, 0.25) is 0 Å². The van der Waals surface area contributed by atoms with Gasteiger partial charge in [0.15, 0.2) is 0 Å². The van der Waals surface area contributed by atoms with E-state index in [0.29, 0.717) is 18.0 Å². The first-order valence-corrected chi connectivity index (χ1v) is 10.6. The van der Waals surface area contributed by atoms with Crippen molar-refractivity contribution in [3.8, 4) is 11.6 Å². The third-order valence-corrected chi connectivity index (χ3v) is 6.46. The van der Waals surface area contributed by atoms with Gasteiger partial charge >= 0.3 is 11.7 Å². The van der Waals surface area contributed by atoms with E-state index in [4.69, 9.17) is 5.11 Å². The molecule has 1 aliphatic carbocycles. The number of carboxylic acids is 1. The molecule has 0 atom stereocenters. The van der Waals surface area contributed by atoms with E-state index in [0.717, 1.165) is 51.6 Å². The highest BCUT2D eigenvalue weighted by molar-refractivity contribution is 5.66. The summed E-state index contributed by atoms with van der Waals surface area (Å²) in [5, 5.41) is 22.8. The first kappa shape index (κ1) is 19.8. The lowest BCUT2D eigenvalue weighted by Crippen LogP contribution is -2.29. The third kappa shape index (κ3) is 4.24. The molecule has 7 heteroatoms. The van der Waals surface area contributed by atoms with E-state index >= 15 is 0 Å². The van der Waals surface area contributed by atoms with Crippen LogP contribution in [0.1, 0.15) is 55.7 Å². The molecular weight excluding hydrogens is 370 g/mol. The van der Waals surface area contributed by atoms with Crippen LogP contribution >= 0.6 is 0 Å². The predicted octanol–water partition coefficient (Wildman–Crippen LogP) is 2.63. The van der Waals surface area contributed by atoms with Gasteiger partial charge in [-0.05, 0) is 87.2 Å². The zero-order chi connectivity index (χ0) is 20.4. The molecule has 1 fully saturated rings. The number of fused-ring (bicyclic) bond motifs is 1. The zero-order valence-electron chi connectivity index (χ0n) is 16.6. The van der Waals surface area contributed by atoms with Gasteiger partial charge in [-0.1, -0.05) is 6.07 Å². The smallest absolute Gasteiger partial charge is 0.335 e. The summed E-state index contributed by atoms with van der Waals surface area (Å²) in [6, 6.07) is 6.06. The molecule has 0 radical (unpaired) electrons. The lowest BCUT2D eigenvalue weighted by Gasteiger charge is -2.28. The highest BCUT2D eigenvalue weighted by Gasteiger charge is 2.26. The van der Waals surface area contributed by atoms with Gasteiger partial charge in [0.25, 0.3) is 0 Å². The standard InChI is InChI=1S/C22H29N3O4/c26-20-14-24(18-5-1-15(2-6-18)3-8-21(27)28)22(29)25(20)19-7-4-16-9-11-23-12-10-17(16)13-19/h4,7,13-15,18,23,26H,1-3,5-6,8-12H2,(H,27,28). The van der Waals surface area contributed by atoms with E-state index in [9.17, 15) is 14.7 Å². The van der Waals surface area contributed by atoms with Gasteiger partial charge in [-0.15, -0.1) is 0 Å². The SMILES string of the molecule is O=C(O)CCC1CCC(n2cc(O)n(-c3ccc4c(c3)CCNCC4)c2=O)CC1. The van der Waals surface area contributed by atoms with Gasteiger partial charge in [0.1, 0.15) is 0 Å². The number of hydrogen-bond donors (Lipinski definition) is 3. The van der Waals surface area contributed by atoms with Crippen molar-refractivity contribution in [3.05, 3.63) is 46.0 Å². The van der Waals surface area contributed by atoms with Crippen LogP contribution in [0.15, 0.2) is 29.2 Å². The molecule has 1 aromatic carbocycles. The Hall–Kier alpha value is -2.54. The lowest BCUT2D eigenvalue weighted by atomic mass is 9.83. The monoisotopic (exact) mass is 399 g/mol. The molecule has 0 bridgehead atoms. The predicted molar refractivity (Wildman–Crippen MR) is 110 cm³/mol. The second-order valence-corrected chi connectivity index (χ2v) is 8.32. The highest BCUT2D eigenvalue weighted by atomic mass is 16.4. The second kappa shape index (κ2) is 8.45. The number of imidazole rings is 1. The van der Waals surface area contributed by atoms with Crippen molar-refractivity contribution in [2.45, 2.75) is 57.4 Å². The van der Waals surface area contributed by atoms with Gasteiger partial charge in [-0.2, -0.15) is 0 Å². The Kier molecular flexibility index (Phi) is 5.76. The van der Waals surface area contributed by atoms with Crippen molar-refractivity contribution in [1.29, 1.82) is 0 Å². The summed E-state index contributed by atoms with van der Waals surface area (Å²) < 4.78 is 3.06. The minimum atomic E-state index is -0.748. The van der Waals surface area contributed by atoms with Crippen LogP contribution in [-0.2, 0) is 17.6 Å². The molecule has 29 heavy (non-hydrogen) atoms. The molecule has 3 N–H and O–H groups in total. The fourth-order valence-electron chi connectivity index (χ4n) is 4.79. The first-order chi connectivity index (χ1) is 14.0. The Morgan fingerprint density at radius 2 is 1.83 bits per heavy atom. The fraction of sp³-hybridized carbons (Fsp3) is 0.545. The molecule has 0 saturated heterocycles. The Morgan fingerprint density at radius 3 is 2.55 bits per heavy atom. The maximum absolute atomic E-state index is 13.1. The number of carboxylic acid groups (broad SMARTS) is 1. The van der Waals surface area contributed by atoms with Crippen molar-refractivity contribution in [3.63, 3.8) is 0 Å². The highest BCUT2D eigenvalue weighted by Crippen LogP contribution is 2.34. The summed E-state index contributed by atoms with van der Waals surface area (Å²) in [5.74, 6) is -0.372. The van der Waals surface area contributed by atoms with Crippen LogP contribution in [0.3, 0.4) is 0 Å². The van der Waals surface area contributed by atoms with E-state index < -0.39 is 5.97 Å². The van der Waals surface area contributed by atoms with Gasteiger partial charge < -0.3 is 15.5 Å². The van der Waals surface area contributed by atoms with Crippen molar-refractivity contribution in [2.24, 2.45) is 5.92 Å². The number of nitrogens with zero attached hydrogens (tertiary/aromatic N) is 2. The minimum absolute atomic E-state index is 0.0327. The molecule has 2 aliphatic rings. The van der Waals surface area contributed by atoms with Crippen LogP contribution in [0, 0.1) is 5.92 Å². The second-order valence-electron chi connectivity index (χ2n) is 8.32. The Bertz CT molecular complexity index is 938. The molecule has 1 aromatic heterocycles. The van der Waals surface area contributed by atoms with Crippen LogP contribution in [-0.4, -0.2) is 38.4 Å². The number of hydrogen-bond acceptors (Lipinski definition) is 4. The van der Waals surface area contributed by atoms with Gasteiger partial charge in [-0.25, -0.2) is 9.36 Å². The normalized spacial score (nSPS) is 22.1. The van der Waals surface area contributed by atoms with Gasteiger partial charge in [0.05, 0.1) is 11.9 Å². The Morgan fingerprint density at radius 1 is 1.10 bits per heavy atom. The van der Waals surface area contributed by atoms with E-state index in [1.165, 1.54) is 15.7 Å². The number of aliphatic carboxylic acids is 1. The third-order valence-electron chi connectivity index (χ3n) is 6.46. The Balaban J connectivity index is 1.53. The minimum Gasteiger partial charge on any atom is -0.493 e. The van der Waals surface area contributed by atoms with Crippen LogP contribution in [0.4, 0.5) is 0 Å². The van der Waals surface area contributed by atoms with Crippen molar-refractivity contribution < 1.29 is 15.0 Å². The lowest BCUT2D eigenvalue weighted by molar-refractivity contribution is -0.137. The van der Waals surface area contributed by atoms with Gasteiger partial charge in [0.2, 0.25) is 5.88 Å². The number of rotatable bonds is 5. The zero-order valence-corrected chi connectivity index (χ0v) is 16.6. The molecule has 0 amide bonds. The first-order valence-electron chi connectivity index (χ1n) is 10.6. The molecule has 1 aliphatic heterocycles. The molecule has 1 saturated carbocycles. The average Bonchev–Trinajstić information content (AvgIpc) is 2.87. The summed E-state index contributed by atoms with van der Waals surface area (Å²) in [4.78, 5) is 23.9. The molecule has 4 rings (SSSR count). The average molecular weight is 399 g/mol. The summed E-state index contributed by atoms with van der Waals surface area (Å²) in [6.07, 6.45) is 7.87. The fourth-order valence-corrected chi connectivity index (χ4v) is 4.79. The summed E-state index contributed by atoms with van der Waals surface area (Å²) in [5.41, 5.74) is 3.03. The molecular formula is C22H29N3O4. The molecule has 7 nitrogen and oxygen atoms in total. The van der Waals surface area contributed by atoms with E-state index in [-0.39, 0.29) is 24.0 Å². The maximum Gasteiger partial charge on any atom is 0.335 e. The van der Waals surface area contributed by atoms with E-state index in [2.05, 4.69) is 11.4 Å². The van der Waals surface area contributed by atoms with Crippen LogP contribution < -0.4 is 11.0 Å². The number of carbonyl (C=O) groups is 1. The van der Waals surface area contributed by atoms with Crippen LogP contribution in [0.25, 0.3) is 5.69 Å². The van der Waals surface area contributed by atoms with Gasteiger partial charge in [0, 0.05) is 12.5 Å². The largest absolute Gasteiger partial charge is 0.493 e. The van der Waals surface area contributed by atoms with E-state index in [1.54, 1.807) is 10.8 Å². The quantitative estimate of drug-likeness (QED) is 0.718. The van der Waals surface area contributed by atoms with Crippen molar-refractivity contribution >= 4 is 5.97 Å². The molecule has 2 aromatic rings. The number of nitrogens with one attached hydrogen (secondary N) is 1. The molecule has 2 heterocycles. The number of aromatic nitrogens is 2. The van der Waals surface area contributed by atoms with E-state index in [1.807, 2.05) is 12.1 Å². The van der Waals surface area contributed by atoms with Gasteiger partial charge in [-0.3, -0.25) is 9.36 Å². The molecule has 0 unspecified atom stereocenters. The topological polar surface area (TPSA) is 96.5 Å². The Labute approximate surface area is 170 Å². The van der Waals surface area contributed by atoms with Crippen molar-refractivity contribution in [2.75, 3.05) is 13.1 Å². The molecule has 156 valence electrons.